The maximum absolute atomic E-state index is 13.6. The minimum atomic E-state index is -4.52. The predicted octanol–water partition coefficient (Wildman–Crippen LogP) is 4.06. The number of carbonyl (C=O) groups is 1. The Hall–Kier alpha value is -2.91. The Morgan fingerprint density at radius 1 is 1.22 bits per heavy atom. The number of hydrogen-bond acceptors (Lipinski definition) is 3. The lowest BCUT2D eigenvalue weighted by Crippen LogP contribution is -2.35. The average molecular weight is 387 g/mol. The summed E-state index contributed by atoms with van der Waals surface area (Å²) in [5.41, 5.74) is -1.46. The van der Waals surface area contributed by atoms with Crippen LogP contribution in [-0.4, -0.2) is 35.1 Å². The molecule has 2 amide bonds. The molecular formula is C17H14F5N3O2. The molecule has 1 aliphatic rings. The molecule has 0 saturated carbocycles. The van der Waals surface area contributed by atoms with Crippen molar-refractivity contribution in [3.8, 4) is 5.88 Å². The van der Waals surface area contributed by atoms with Gasteiger partial charge < -0.3 is 15.0 Å². The molecule has 144 valence electrons. The third-order valence-electron chi connectivity index (χ3n) is 3.98. The Bertz CT molecular complexity index is 823. The fourth-order valence-corrected chi connectivity index (χ4v) is 2.63. The SMILES string of the molecule is O=C(Nc1c(F)cccc1F)N1CC[C@H](Oc2cc(C(F)(F)F)ccn2)C1. The molecule has 0 spiro atoms. The average Bonchev–Trinajstić information content (AvgIpc) is 3.06. The number of hydrogen-bond donors (Lipinski definition) is 1. The van der Waals surface area contributed by atoms with E-state index >= 15 is 0 Å². The second-order valence-electron chi connectivity index (χ2n) is 5.88. The Morgan fingerprint density at radius 3 is 2.59 bits per heavy atom. The fraction of sp³-hybridized carbons (Fsp3) is 0.294. The topological polar surface area (TPSA) is 54.5 Å². The molecule has 0 unspecified atom stereocenters. The van der Waals surface area contributed by atoms with Crippen LogP contribution in [-0.2, 0) is 6.18 Å². The number of likely N-dealkylation sites (tertiary alicyclic amines) is 1. The smallest absolute Gasteiger partial charge is 0.416 e. The predicted molar refractivity (Wildman–Crippen MR) is 85.2 cm³/mol. The molecule has 0 aliphatic carbocycles. The van der Waals surface area contributed by atoms with Crippen molar-refractivity contribution in [2.75, 3.05) is 18.4 Å². The van der Waals surface area contributed by atoms with E-state index in [1.54, 1.807) is 0 Å². The van der Waals surface area contributed by atoms with Crippen LogP contribution in [0.3, 0.4) is 0 Å². The van der Waals surface area contributed by atoms with E-state index in [4.69, 9.17) is 4.74 Å². The van der Waals surface area contributed by atoms with E-state index in [9.17, 15) is 26.7 Å². The highest BCUT2D eigenvalue weighted by Gasteiger charge is 2.32. The van der Waals surface area contributed by atoms with Crippen molar-refractivity contribution in [1.82, 2.24) is 9.88 Å². The van der Waals surface area contributed by atoms with Gasteiger partial charge >= 0.3 is 12.2 Å². The van der Waals surface area contributed by atoms with E-state index in [2.05, 4.69) is 10.3 Å². The second kappa shape index (κ2) is 7.37. The van der Waals surface area contributed by atoms with E-state index in [1.807, 2.05) is 0 Å². The van der Waals surface area contributed by atoms with Crippen molar-refractivity contribution < 1.29 is 31.5 Å². The number of para-hydroxylation sites is 1. The van der Waals surface area contributed by atoms with Crippen LogP contribution >= 0.6 is 0 Å². The maximum Gasteiger partial charge on any atom is 0.416 e. The molecular weight excluding hydrogens is 373 g/mol. The first-order valence-corrected chi connectivity index (χ1v) is 7.94. The van der Waals surface area contributed by atoms with Gasteiger partial charge in [-0.15, -0.1) is 0 Å². The quantitative estimate of drug-likeness (QED) is 0.808. The number of carbonyl (C=O) groups excluding carboxylic acids is 1. The van der Waals surface area contributed by atoms with Crippen molar-refractivity contribution in [2.24, 2.45) is 0 Å². The molecule has 10 heteroatoms. The number of nitrogens with zero attached hydrogens (tertiary/aromatic N) is 2. The zero-order chi connectivity index (χ0) is 19.6. The lowest BCUT2D eigenvalue weighted by atomic mass is 10.2. The molecule has 1 aliphatic heterocycles. The number of anilines is 1. The van der Waals surface area contributed by atoms with E-state index in [0.29, 0.717) is 6.42 Å². The van der Waals surface area contributed by atoms with Gasteiger partial charge in [0.25, 0.3) is 0 Å². The Balaban J connectivity index is 1.61. The van der Waals surface area contributed by atoms with Gasteiger partial charge in [0.2, 0.25) is 5.88 Å². The number of nitrogens with one attached hydrogen (secondary N) is 1. The van der Waals surface area contributed by atoms with Crippen LogP contribution < -0.4 is 10.1 Å². The van der Waals surface area contributed by atoms with Gasteiger partial charge in [0, 0.05) is 25.2 Å². The number of alkyl halides is 3. The van der Waals surface area contributed by atoms with Crippen LogP contribution in [0.1, 0.15) is 12.0 Å². The van der Waals surface area contributed by atoms with Crippen LogP contribution in [0.25, 0.3) is 0 Å². The number of aromatic nitrogens is 1. The molecule has 1 N–H and O–H groups in total. The third kappa shape index (κ3) is 4.44. The Morgan fingerprint density at radius 2 is 1.93 bits per heavy atom. The van der Waals surface area contributed by atoms with Crippen molar-refractivity contribution in [3.63, 3.8) is 0 Å². The summed E-state index contributed by atoms with van der Waals surface area (Å²) in [4.78, 5) is 17.2. The highest BCUT2D eigenvalue weighted by atomic mass is 19.4. The molecule has 0 bridgehead atoms. The first-order valence-electron chi connectivity index (χ1n) is 7.94. The van der Waals surface area contributed by atoms with Gasteiger partial charge in [-0.25, -0.2) is 18.6 Å². The van der Waals surface area contributed by atoms with Crippen LogP contribution in [0.2, 0.25) is 0 Å². The molecule has 1 aromatic heterocycles. The van der Waals surface area contributed by atoms with E-state index in [-0.39, 0.29) is 19.0 Å². The van der Waals surface area contributed by atoms with E-state index < -0.39 is 41.2 Å². The van der Waals surface area contributed by atoms with Crippen LogP contribution in [0.5, 0.6) is 5.88 Å². The summed E-state index contributed by atoms with van der Waals surface area (Å²) in [7, 11) is 0. The van der Waals surface area contributed by atoms with Crippen LogP contribution in [0, 0.1) is 11.6 Å². The zero-order valence-corrected chi connectivity index (χ0v) is 13.8. The largest absolute Gasteiger partial charge is 0.472 e. The fourth-order valence-electron chi connectivity index (χ4n) is 2.63. The lowest BCUT2D eigenvalue weighted by molar-refractivity contribution is -0.137. The standard InChI is InChI=1S/C17H14F5N3O2/c18-12-2-1-3-13(19)15(12)24-16(26)25-7-5-11(9-25)27-14-8-10(4-6-23-14)17(20,21)22/h1-4,6,8,11H,5,7,9H2,(H,24,26)/t11-/m0/s1. The molecule has 1 fully saturated rings. The highest BCUT2D eigenvalue weighted by molar-refractivity contribution is 5.89. The summed E-state index contributed by atoms with van der Waals surface area (Å²) in [5, 5.41) is 2.15. The van der Waals surface area contributed by atoms with E-state index in [1.165, 1.54) is 11.0 Å². The second-order valence-corrected chi connectivity index (χ2v) is 5.88. The monoisotopic (exact) mass is 387 g/mol. The molecule has 27 heavy (non-hydrogen) atoms. The van der Waals surface area contributed by atoms with Gasteiger partial charge in [-0.2, -0.15) is 13.2 Å². The number of rotatable bonds is 3. The summed E-state index contributed by atoms with van der Waals surface area (Å²) >= 11 is 0. The molecule has 1 saturated heterocycles. The van der Waals surface area contributed by atoms with Crippen molar-refractivity contribution in [3.05, 3.63) is 53.7 Å². The number of ether oxygens (including phenoxy) is 1. The highest BCUT2D eigenvalue weighted by Crippen LogP contribution is 2.31. The summed E-state index contributed by atoms with van der Waals surface area (Å²) in [6, 6.07) is 4.05. The summed E-state index contributed by atoms with van der Waals surface area (Å²) in [6.07, 6.45) is -3.78. The van der Waals surface area contributed by atoms with Crippen LogP contribution in [0.15, 0.2) is 36.5 Å². The normalized spacial score (nSPS) is 17.1. The molecule has 2 heterocycles. The zero-order valence-electron chi connectivity index (χ0n) is 13.8. The van der Waals surface area contributed by atoms with Gasteiger partial charge in [0.15, 0.2) is 0 Å². The Kier molecular flexibility index (Phi) is 5.15. The number of urea groups is 1. The number of halogens is 5. The Labute approximate surface area is 150 Å². The van der Waals surface area contributed by atoms with Crippen molar-refractivity contribution in [1.29, 1.82) is 0 Å². The summed E-state index contributed by atoms with van der Waals surface area (Å²) in [6.45, 7) is 0.255. The number of benzene rings is 1. The maximum atomic E-state index is 13.6. The molecule has 0 radical (unpaired) electrons. The first-order chi connectivity index (χ1) is 12.7. The molecule has 2 aromatic rings. The van der Waals surface area contributed by atoms with Gasteiger partial charge in [-0.1, -0.05) is 6.07 Å². The minimum absolute atomic E-state index is 0.0415. The van der Waals surface area contributed by atoms with Crippen molar-refractivity contribution >= 4 is 11.7 Å². The number of pyridine rings is 1. The van der Waals surface area contributed by atoms with Gasteiger partial charge in [0.05, 0.1) is 12.1 Å². The number of amides is 2. The van der Waals surface area contributed by atoms with Crippen molar-refractivity contribution in [2.45, 2.75) is 18.7 Å². The van der Waals surface area contributed by atoms with E-state index in [0.717, 1.165) is 30.5 Å². The molecule has 3 rings (SSSR count). The van der Waals surface area contributed by atoms with Gasteiger partial charge in [-0.3, -0.25) is 0 Å². The minimum Gasteiger partial charge on any atom is -0.472 e. The van der Waals surface area contributed by atoms with Gasteiger partial charge in [-0.05, 0) is 18.2 Å². The molecule has 5 nitrogen and oxygen atoms in total. The lowest BCUT2D eigenvalue weighted by Gasteiger charge is -2.18. The summed E-state index contributed by atoms with van der Waals surface area (Å²) in [5.74, 6) is -2.04. The molecule has 1 aromatic carbocycles. The van der Waals surface area contributed by atoms with Crippen LogP contribution in [0.4, 0.5) is 32.4 Å². The first kappa shape index (κ1) is 18.9. The third-order valence-corrected chi connectivity index (χ3v) is 3.98. The van der Waals surface area contributed by atoms with Gasteiger partial charge in [0.1, 0.15) is 23.4 Å². The summed E-state index contributed by atoms with van der Waals surface area (Å²) < 4.78 is 70.8. The molecule has 1 atom stereocenters.